The van der Waals surface area contributed by atoms with Crippen LogP contribution in [0.1, 0.15) is 10.4 Å². The lowest BCUT2D eigenvalue weighted by atomic mass is 10.2. The SMILES string of the molecule is O=C(O)c1ccncc1Oc1ccc(Cl)c2cccnc12. The lowest BCUT2D eigenvalue weighted by Gasteiger charge is -2.10. The van der Waals surface area contributed by atoms with E-state index in [1.807, 2.05) is 6.07 Å². The Hall–Kier alpha value is -2.66. The van der Waals surface area contributed by atoms with Crippen LogP contribution in [0, 0.1) is 0 Å². The molecular formula is C15H9ClN2O3. The van der Waals surface area contributed by atoms with Gasteiger partial charge in [-0.2, -0.15) is 0 Å². The van der Waals surface area contributed by atoms with Gasteiger partial charge in [-0.1, -0.05) is 11.6 Å². The number of ether oxygens (including phenoxy) is 1. The molecule has 0 saturated heterocycles. The molecule has 3 rings (SSSR count). The third kappa shape index (κ3) is 2.51. The fourth-order valence-electron chi connectivity index (χ4n) is 1.95. The van der Waals surface area contributed by atoms with Crippen LogP contribution < -0.4 is 4.74 Å². The van der Waals surface area contributed by atoms with Crippen molar-refractivity contribution in [3.8, 4) is 11.5 Å². The molecule has 0 radical (unpaired) electrons. The summed E-state index contributed by atoms with van der Waals surface area (Å²) in [4.78, 5) is 19.3. The molecule has 21 heavy (non-hydrogen) atoms. The monoisotopic (exact) mass is 300 g/mol. The molecule has 5 nitrogen and oxygen atoms in total. The van der Waals surface area contributed by atoms with Gasteiger partial charge in [0.2, 0.25) is 0 Å². The first-order chi connectivity index (χ1) is 10.2. The number of hydrogen-bond donors (Lipinski definition) is 1. The van der Waals surface area contributed by atoms with E-state index in [1.165, 1.54) is 18.5 Å². The van der Waals surface area contributed by atoms with Crippen molar-refractivity contribution >= 4 is 28.5 Å². The summed E-state index contributed by atoms with van der Waals surface area (Å²) in [7, 11) is 0. The van der Waals surface area contributed by atoms with Gasteiger partial charge in [0, 0.05) is 17.8 Å². The average molecular weight is 301 g/mol. The van der Waals surface area contributed by atoms with Crippen molar-refractivity contribution in [1.82, 2.24) is 9.97 Å². The molecule has 2 aromatic heterocycles. The van der Waals surface area contributed by atoms with Crippen molar-refractivity contribution in [2.24, 2.45) is 0 Å². The Morgan fingerprint density at radius 1 is 1.14 bits per heavy atom. The van der Waals surface area contributed by atoms with Crippen LogP contribution in [0.4, 0.5) is 0 Å². The number of benzene rings is 1. The molecule has 0 fully saturated rings. The first-order valence-electron chi connectivity index (χ1n) is 6.05. The minimum Gasteiger partial charge on any atom is -0.478 e. The number of nitrogens with zero attached hydrogens (tertiary/aromatic N) is 2. The zero-order valence-corrected chi connectivity index (χ0v) is 11.4. The normalized spacial score (nSPS) is 10.5. The summed E-state index contributed by atoms with van der Waals surface area (Å²) in [5.74, 6) is -0.511. The van der Waals surface area contributed by atoms with Crippen LogP contribution in [0.5, 0.6) is 11.5 Å². The third-order valence-corrected chi connectivity index (χ3v) is 3.24. The lowest BCUT2D eigenvalue weighted by molar-refractivity contribution is 0.0694. The molecule has 2 heterocycles. The molecule has 0 aliphatic carbocycles. The Kier molecular flexibility index (Phi) is 3.41. The average Bonchev–Trinajstić information content (AvgIpc) is 2.51. The van der Waals surface area contributed by atoms with Gasteiger partial charge < -0.3 is 9.84 Å². The summed E-state index contributed by atoms with van der Waals surface area (Å²) in [6, 6.07) is 8.29. The molecule has 0 unspecified atom stereocenters. The van der Waals surface area contributed by atoms with E-state index in [-0.39, 0.29) is 11.3 Å². The van der Waals surface area contributed by atoms with Gasteiger partial charge in [0.05, 0.1) is 11.2 Å². The molecule has 0 bridgehead atoms. The third-order valence-electron chi connectivity index (χ3n) is 2.91. The lowest BCUT2D eigenvalue weighted by Crippen LogP contribution is -2.00. The number of fused-ring (bicyclic) bond motifs is 1. The number of aromatic carboxylic acids is 1. The number of rotatable bonds is 3. The van der Waals surface area contributed by atoms with Gasteiger partial charge in [-0.15, -0.1) is 0 Å². The fourth-order valence-corrected chi connectivity index (χ4v) is 2.17. The maximum atomic E-state index is 11.2. The first kappa shape index (κ1) is 13.3. The number of hydrogen-bond acceptors (Lipinski definition) is 4. The number of aromatic nitrogens is 2. The van der Waals surface area contributed by atoms with E-state index in [1.54, 1.807) is 24.4 Å². The number of pyridine rings is 2. The van der Waals surface area contributed by atoms with E-state index in [9.17, 15) is 4.79 Å². The molecule has 6 heteroatoms. The molecule has 1 N–H and O–H groups in total. The number of carboxylic acids is 1. The number of carbonyl (C=O) groups is 1. The Labute approximate surface area is 124 Å². The van der Waals surface area contributed by atoms with E-state index in [0.29, 0.717) is 16.3 Å². The second kappa shape index (κ2) is 5.38. The van der Waals surface area contributed by atoms with Gasteiger partial charge in [0.15, 0.2) is 11.5 Å². The maximum absolute atomic E-state index is 11.2. The summed E-state index contributed by atoms with van der Waals surface area (Å²) >= 11 is 6.11. The molecule has 0 amide bonds. The van der Waals surface area contributed by atoms with E-state index >= 15 is 0 Å². The van der Waals surface area contributed by atoms with Crippen LogP contribution in [-0.4, -0.2) is 21.0 Å². The predicted molar refractivity (Wildman–Crippen MR) is 78.0 cm³/mol. The molecule has 0 saturated carbocycles. The Morgan fingerprint density at radius 2 is 2.00 bits per heavy atom. The quantitative estimate of drug-likeness (QED) is 0.797. The highest BCUT2D eigenvalue weighted by Gasteiger charge is 2.14. The molecule has 0 aliphatic heterocycles. The fraction of sp³-hybridized carbons (Fsp3) is 0. The van der Waals surface area contributed by atoms with E-state index in [4.69, 9.17) is 21.4 Å². The van der Waals surface area contributed by atoms with Crippen molar-refractivity contribution in [3.63, 3.8) is 0 Å². The largest absolute Gasteiger partial charge is 0.478 e. The smallest absolute Gasteiger partial charge is 0.339 e. The molecule has 0 atom stereocenters. The van der Waals surface area contributed by atoms with Crippen molar-refractivity contribution in [1.29, 1.82) is 0 Å². The molecule has 3 aromatic rings. The Morgan fingerprint density at radius 3 is 2.81 bits per heavy atom. The van der Waals surface area contributed by atoms with Gasteiger partial charge in [-0.3, -0.25) is 9.97 Å². The van der Waals surface area contributed by atoms with Gasteiger partial charge in [-0.25, -0.2) is 4.79 Å². The van der Waals surface area contributed by atoms with Crippen molar-refractivity contribution in [2.45, 2.75) is 0 Å². The Balaban J connectivity index is 2.11. The zero-order chi connectivity index (χ0) is 14.8. The Bertz CT molecular complexity index is 836. The highest BCUT2D eigenvalue weighted by atomic mass is 35.5. The summed E-state index contributed by atoms with van der Waals surface area (Å²) < 4.78 is 5.67. The minimum atomic E-state index is -1.08. The molecule has 0 spiro atoms. The van der Waals surface area contributed by atoms with Gasteiger partial charge in [-0.05, 0) is 30.3 Å². The zero-order valence-electron chi connectivity index (χ0n) is 10.7. The second-order valence-electron chi connectivity index (χ2n) is 4.22. The molecule has 0 aliphatic rings. The van der Waals surface area contributed by atoms with E-state index in [0.717, 1.165) is 5.39 Å². The van der Waals surface area contributed by atoms with Crippen LogP contribution >= 0.6 is 11.6 Å². The maximum Gasteiger partial charge on any atom is 0.339 e. The molecule has 104 valence electrons. The van der Waals surface area contributed by atoms with Crippen LogP contribution in [0.3, 0.4) is 0 Å². The van der Waals surface area contributed by atoms with Crippen LogP contribution in [-0.2, 0) is 0 Å². The molecule has 1 aromatic carbocycles. The predicted octanol–water partition coefficient (Wildman–Crippen LogP) is 3.77. The second-order valence-corrected chi connectivity index (χ2v) is 4.63. The van der Waals surface area contributed by atoms with Crippen LogP contribution in [0.15, 0.2) is 48.9 Å². The van der Waals surface area contributed by atoms with Crippen LogP contribution in [0.2, 0.25) is 5.02 Å². The number of halogens is 1. The highest BCUT2D eigenvalue weighted by molar-refractivity contribution is 6.35. The standard InChI is InChI=1S/C15H9ClN2O3/c16-11-3-4-12(14-9(11)2-1-6-18-14)21-13-8-17-7-5-10(13)15(19)20/h1-8H,(H,19,20). The molecular weight excluding hydrogens is 292 g/mol. The van der Waals surface area contributed by atoms with E-state index < -0.39 is 5.97 Å². The first-order valence-corrected chi connectivity index (χ1v) is 6.43. The minimum absolute atomic E-state index is 0.0315. The summed E-state index contributed by atoms with van der Waals surface area (Å²) in [5, 5.41) is 10.4. The van der Waals surface area contributed by atoms with Crippen molar-refractivity contribution < 1.29 is 14.6 Å². The summed E-state index contributed by atoms with van der Waals surface area (Å²) in [6.07, 6.45) is 4.37. The van der Waals surface area contributed by atoms with Crippen LogP contribution in [0.25, 0.3) is 10.9 Å². The van der Waals surface area contributed by atoms with Crippen molar-refractivity contribution in [3.05, 3.63) is 59.5 Å². The van der Waals surface area contributed by atoms with Gasteiger partial charge in [0.1, 0.15) is 11.1 Å². The number of carboxylic acid groups (broad SMARTS) is 1. The van der Waals surface area contributed by atoms with Gasteiger partial charge >= 0.3 is 5.97 Å². The van der Waals surface area contributed by atoms with Gasteiger partial charge in [0.25, 0.3) is 0 Å². The van der Waals surface area contributed by atoms with E-state index in [2.05, 4.69) is 9.97 Å². The summed E-state index contributed by atoms with van der Waals surface area (Å²) in [6.45, 7) is 0. The topological polar surface area (TPSA) is 72.3 Å². The van der Waals surface area contributed by atoms with Crippen molar-refractivity contribution in [2.75, 3.05) is 0 Å². The summed E-state index contributed by atoms with van der Waals surface area (Å²) in [5.41, 5.74) is 0.592. The highest BCUT2D eigenvalue weighted by Crippen LogP contribution is 2.33.